The minimum atomic E-state index is 0.684. The molecule has 0 amide bonds. The van der Waals surface area contributed by atoms with Crippen molar-refractivity contribution in [2.24, 2.45) is 0 Å². The number of pyridine rings is 1. The molecular weight excluding hydrogens is 719 g/mol. The van der Waals surface area contributed by atoms with Crippen LogP contribution in [0.25, 0.3) is 33.4 Å². The van der Waals surface area contributed by atoms with Gasteiger partial charge in [-0.2, -0.15) is 0 Å². The van der Waals surface area contributed by atoms with E-state index in [-0.39, 0.29) is 0 Å². The van der Waals surface area contributed by atoms with Crippen LogP contribution in [0, 0.1) is 0 Å². The highest BCUT2D eigenvalue weighted by Crippen LogP contribution is 2.53. The highest BCUT2D eigenvalue weighted by atomic mass is 15.4. The van der Waals surface area contributed by atoms with Gasteiger partial charge in [0, 0.05) is 45.8 Å². The zero-order valence-electron chi connectivity index (χ0n) is 32.3. The Balaban J connectivity index is 1.14. The smallest absolute Gasteiger partial charge is 0.137 e. The van der Waals surface area contributed by atoms with Crippen molar-refractivity contribution in [3.8, 4) is 33.4 Å². The predicted molar refractivity (Wildman–Crippen MR) is 245 cm³/mol. The average Bonchev–Trinajstić information content (AvgIpc) is 3.65. The third kappa shape index (κ3) is 6.08. The van der Waals surface area contributed by atoms with Crippen LogP contribution < -0.4 is 19.6 Å². The Bertz CT molecular complexity index is 2930. The minimum absolute atomic E-state index is 0.684. The maximum absolute atomic E-state index is 4.95. The molecule has 11 rings (SSSR count). The zero-order chi connectivity index (χ0) is 39.1. The molecule has 0 fully saturated rings. The largest absolute Gasteiger partial charge is 0.321 e. The normalized spacial score (nSPS) is 12.6. The van der Waals surface area contributed by atoms with E-state index < -0.39 is 0 Å². The lowest BCUT2D eigenvalue weighted by Gasteiger charge is -2.31. The van der Waals surface area contributed by atoms with Crippen LogP contribution in [0.3, 0.4) is 0 Å². The van der Waals surface area contributed by atoms with E-state index in [1.807, 2.05) is 12.3 Å². The molecule has 0 atom stereocenters. The quantitative estimate of drug-likeness (QED) is 0.161. The van der Waals surface area contributed by atoms with Crippen molar-refractivity contribution >= 4 is 57.0 Å². The third-order valence-corrected chi connectivity index (χ3v) is 11.4. The van der Waals surface area contributed by atoms with Crippen LogP contribution in [-0.4, -0.2) is 11.7 Å². The Kier molecular flexibility index (Phi) is 8.48. The summed E-state index contributed by atoms with van der Waals surface area (Å²) in [5.41, 5.74) is 17.0. The molecule has 0 bridgehead atoms. The molecule has 5 heteroatoms. The predicted octanol–water partition coefficient (Wildman–Crippen LogP) is 14.6. The van der Waals surface area contributed by atoms with Gasteiger partial charge in [0.1, 0.15) is 12.5 Å². The van der Waals surface area contributed by atoms with Gasteiger partial charge in [-0.05, 0) is 107 Å². The molecular formula is C54H39N5. The first-order valence-electron chi connectivity index (χ1n) is 20.1. The summed E-state index contributed by atoms with van der Waals surface area (Å²) in [6.45, 7) is 0.684. The second-order valence-corrected chi connectivity index (χ2v) is 14.9. The van der Waals surface area contributed by atoms with Gasteiger partial charge in [0.05, 0.1) is 22.7 Å². The second-order valence-electron chi connectivity index (χ2n) is 14.9. The maximum atomic E-state index is 4.95. The number of nitrogens with zero attached hydrogens (tertiary/aromatic N) is 5. The van der Waals surface area contributed by atoms with Crippen LogP contribution in [0.4, 0.5) is 57.0 Å². The Morgan fingerprint density at radius 1 is 0.356 bits per heavy atom. The number of anilines is 10. The summed E-state index contributed by atoms with van der Waals surface area (Å²) in [5.74, 6) is 0.862. The molecule has 9 aromatic rings. The van der Waals surface area contributed by atoms with E-state index in [1.165, 1.54) is 33.8 Å². The van der Waals surface area contributed by atoms with Gasteiger partial charge in [0.2, 0.25) is 0 Å². The summed E-state index contributed by atoms with van der Waals surface area (Å²) in [7, 11) is 0. The molecule has 5 nitrogen and oxygen atoms in total. The Morgan fingerprint density at radius 2 is 0.932 bits per heavy atom. The average molecular weight is 758 g/mol. The van der Waals surface area contributed by atoms with Gasteiger partial charge in [-0.25, -0.2) is 4.98 Å². The summed E-state index contributed by atoms with van der Waals surface area (Å²) in [5, 5.41) is 0. The summed E-state index contributed by atoms with van der Waals surface area (Å²) < 4.78 is 0. The van der Waals surface area contributed by atoms with Crippen molar-refractivity contribution in [2.75, 3.05) is 26.3 Å². The Morgan fingerprint density at radius 3 is 1.63 bits per heavy atom. The lowest BCUT2D eigenvalue weighted by Crippen LogP contribution is -2.24. The number of hydrogen-bond donors (Lipinski definition) is 0. The van der Waals surface area contributed by atoms with Crippen LogP contribution in [0.5, 0.6) is 0 Å². The van der Waals surface area contributed by atoms with Crippen molar-refractivity contribution in [3.63, 3.8) is 0 Å². The standard InChI is InChI=1S/C54H39N5/c1-4-18-39(19-5-1)40-34-44(57-38-56(41-20-6-2-7-21-41)51-28-14-15-29-52(51)57)36-45(35-40)58(42-22-8-3-9-23-42)43-31-32-49-47-25-11-10-24-46(47)48-26-12-13-27-50(48)59(53(49)37-43)54-30-16-17-33-55-54/h1-37H,38H2. The molecule has 0 unspecified atom stereocenters. The number of fused-ring (bicyclic) bond motifs is 6. The van der Waals surface area contributed by atoms with Crippen LogP contribution in [0.2, 0.25) is 0 Å². The fourth-order valence-corrected chi connectivity index (χ4v) is 8.75. The Hall–Kier alpha value is -7.89. The van der Waals surface area contributed by atoms with Crippen molar-refractivity contribution in [1.82, 2.24) is 4.98 Å². The number of hydrogen-bond acceptors (Lipinski definition) is 5. The number of para-hydroxylation sites is 5. The molecule has 0 radical (unpaired) electrons. The lowest BCUT2D eigenvalue weighted by atomic mass is 9.94. The molecule has 280 valence electrons. The van der Waals surface area contributed by atoms with E-state index in [0.717, 1.165) is 56.6 Å². The van der Waals surface area contributed by atoms with Gasteiger partial charge in [-0.3, -0.25) is 4.90 Å². The lowest BCUT2D eigenvalue weighted by molar-refractivity contribution is 0.991. The third-order valence-electron chi connectivity index (χ3n) is 11.4. The van der Waals surface area contributed by atoms with Gasteiger partial charge in [0.25, 0.3) is 0 Å². The first kappa shape index (κ1) is 34.4. The van der Waals surface area contributed by atoms with Crippen LogP contribution >= 0.6 is 0 Å². The maximum Gasteiger partial charge on any atom is 0.137 e. The molecule has 59 heavy (non-hydrogen) atoms. The van der Waals surface area contributed by atoms with Gasteiger partial charge >= 0.3 is 0 Å². The first-order valence-corrected chi connectivity index (χ1v) is 20.1. The van der Waals surface area contributed by atoms with E-state index in [2.05, 4.69) is 232 Å². The highest BCUT2D eigenvalue weighted by Gasteiger charge is 2.30. The molecule has 0 N–H and O–H groups in total. The molecule has 8 aromatic carbocycles. The van der Waals surface area contributed by atoms with Crippen molar-refractivity contribution < 1.29 is 0 Å². The van der Waals surface area contributed by atoms with Gasteiger partial charge in [0.15, 0.2) is 0 Å². The van der Waals surface area contributed by atoms with Crippen LogP contribution in [-0.2, 0) is 0 Å². The second kappa shape index (κ2) is 14.6. The summed E-state index contributed by atoms with van der Waals surface area (Å²) in [4.78, 5) is 14.5. The molecule has 1 aromatic heterocycles. The van der Waals surface area contributed by atoms with Crippen LogP contribution in [0.1, 0.15) is 0 Å². The molecule has 0 spiro atoms. The molecule has 0 aliphatic carbocycles. The first-order chi connectivity index (χ1) is 29.3. The number of benzene rings is 8. The van der Waals surface area contributed by atoms with E-state index in [4.69, 9.17) is 4.98 Å². The van der Waals surface area contributed by atoms with Crippen LogP contribution in [0.15, 0.2) is 225 Å². The summed E-state index contributed by atoms with van der Waals surface area (Å²) >= 11 is 0. The van der Waals surface area contributed by atoms with E-state index >= 15 is 0 Å². The van der Waals surface area contributed by atoms with E-state index in [1.54, 1.807) is 0 Å². The fourth-order valence-electron chi connectivity index (χ4n) is 8.75. The summed E-state index contributed by atoms with van der Waals surface area (Å²) in [6.07, 6.45) is 1.88. The molecule has 0 saturated heterocycles. The van der Waals surface area contributed by atoms with Gasteiger partial charge < -0.3 is 14.7 Å². The molecule has 2 aliphatic heterocycles. The monoisotopic (exact) mass is 757 g/mol. The van der Waals surface area contributed by atoms with Crippen molar-refractivity contribution in [3.05, 3.63) is 225 Å². The number of aromatic nitrogens is 1. The van der Waals surface area contributed by atoms with E-state index in [9.17, 15) is 0 Å². The summed E-state index contributed by atoms with van der Waals surface area (Å²) in [6, 6.07) is 78.3. The zero-order valence-corrected chi connectivity index (χ0v) is 32.3. The number of rotatable bonds is 7. The SMILES string of the molecule is c1ccc(-c2cc(N3CN(c4ccccc4)c4ccccc43)cc(N(c3ccccc3)c3ccc4c(c3)N(c3ccccn3)c3ccccc3-c3ccccc3-4)c2)cc1. The molecule has 2 aliphatic rings. The fraction of sp³-hybridized carbons (Fsp3) is 0.0185. The van der Waals surface area contributed by atoms with Crippen molar-refractivity contribution in [1.29, 1.82) is 0 Å². The minimum Gasteiger partial charge on any atom is -0.321 e. The Labute approximate surface area is 345 Å². The molecule has 0 saturated carbocycles. The highest BCUT2D eigenvalue weighted by molar-refractivity contribution is 6.03. The van der Waals surface area contributed by atoms with Gasteiger partial charge in [-0.15, -0.1) is 0 Å². The van der Waals surface area contributed by atoms with Crippen molar-refractivity contribution in [2.45, 2.75) is 0 Å². The van der Waals surface area contributed by atoms with Gasteiger partial charge in [-0.1, -0.05) is 133 Å². The molecule has 3 heterocycles. The topological polar surface area (TPSA) is 25.9 Å². The van der Waals surface area contributed by atoms with E-state index in [0.29, 0.717) is 6.67 Å².